The molecule has 2 amide bonds. The average molecular weight is 359 g/mol. The summed E-state index contributed by atoms with van der Waals surface area (Å²) in [4.78, 5) is 27.2. The zero-order valence-electron chi connectivity index (χ0n) is 14.1. The van der Waals surface area contributed by atoms with Gasteiger partial charge in [0.2, 0.25) is 22.1 Å². The van der Waals surface area contributed by atoms with Crippen LogP contribution in [0.15, 0.2) is 30.3 Å². The van der Waals surface area contributed by atoms with Crippen molar-refractivity contribution in [2.75, 3.05) is 36.5 Å². The largest absolute Gasteiger partial charge is 0.354 e. The predicted octanol–water partition coefficient (Wildman–Crippen LogP) is 1.46. The highest BCUT2D eigenvalue weighted by Crippen LogP contribution is 2.29. The predicted molar refractivity (Wildman–Crippen MR) is 97.9 cm³/mol. The molecule has 0 radical (unpaired) electrons. The SMILES string of the molecule is CN(CC(=O)NCCc1ccccc1)c1nnc(N2CCCC2=O)s1. The van der Waals surface area contributed by atoms with Gasteiger partial charge in [-0.1, -0.05) is 41.7 Å². The van der Waals surface area contributed by atoms with Crippen molar-refractivity contribution >= 4 is 33.4 Å². The van der Waals surface area contributed by atoms with Crippen LogP contribution >= 0.6 is 11.3 Å². The molecule has 0 unspecified atom stereocenters. The lowest BCUT2D eigenvalue weighted by Gasteiger charge is -2.15. The second kappa shape index (κ2) is 8.06. The number of likely N-dealkylation sites (N-methyl/N-ethyl adjacent to an activating group) is 1. The first-order valence-corrected chi connectivity index (χ1v) is 9.11. The van der Waals surface area contributed by atoms with Crippen LogP contribution in [-0.4, -0.2) is 48.7 Å². The summed E-state index contributed by atoms with van der Waals surface area (Å²) in [5, 5.41) is 12.3. The van der Waals surface area contributed by atoms with Gasteiger partial charge in [0, 0.05) is 26.6 Å². The summed E-state index contributed by atoms with van der Waals surface area (Å²) in [7, 11) is 1.80. The van der Waals surface area contributed by atoms with Crippen molar-refractivity contribution in [1.29, 1.82) is 0 Å². The second-order valence-corrected chi connectivity index (χ2v) is 6.89. The zero-order valence-corrected chi connectivity index (χ0v) is 15.0. The summed E-state index contributed by atoms with van der Waals surface area (Å²) < 4.78 is 0. The third-order valence-corrected chi connectivity index (χ3v) is 5.05. The molecule has 25 heavy (non-hydrogen) atoms. The highest BCUT2D eigenvalue weighted by molar-refractivity contribution is 7.19. The van der Waals surface area contributed by atoms with Crippen molar-refractivity contribution in [1.82, 2.24) is 15.5 Å². The maximum atomic E-state index is 12.1. The van der Waals surface area contributed by atoms with Gasteiger partial charge in [0.05, 0.1) is 6.54 Å². The Labute approximate surface area is 150 Å². The quantitative estimate of drug-likeness (QED) is 0.810. The highest BCUT2D eigenvalue weighted by atomic mass is 32.1. The van der Waals surface area contributed by atoms with E-state index in [0.29, 0.717) is 29.8 Å². The van der Waals surface area contributed by atoms with Crippen LogP contribution in [0, 0.1) is 0 Å². The lowest BCUT2D eigenvalue weighted by atomic mass is 10.1. The fraction of sp³-hybridized carbons (Fsp3) is 0.412. The van der Waals surface area contributed by atoms with Crippen LogP contribution < -0.4 is 15.1 Å². The van der Waals surface area contributed by atoms with Crippen LogP contribution in [0.4, 0.5) is 10.3 Å². The summed E-state index contributed by atoms with van der Waals surface area (Å²) in [6, 6.07) is 10.0. The Morgan fingerprint density at radius 2 is 2.12 bits per heavy atom. The summed E-state index contributed by atoms with van der Waals surface area (Å²) >= 11 is 1.33. The van der Waals surface area contributed by atoms with E-state index in [0.717, 1.165) is 12.8 Å². The normalized spacial score (nSPS) is 14.0. The fourth-order valence-electron chi connectivity index (χ4n) is 2.65. The lowest BCUT2D eigenvalue weighted by Crippen LogP contribution is -2.36. The van der Waals surface area contributed by atoms with E-state index < -0.39 is 0 Å². The molecular weight excluding hydrogens is 338 g/mol. The molecule has 1 aliphatic rings. The van der Waals surface area contributed by atoms with Crippen molar-refractivity contribution < 1.29 is 9.59 Å². The molecule has 0 spiro atoms. The first-order chi connectivity index (χ1) is 12.1. The third kappa shape index (κ3) is 4.54. The van der Waals surface area contributed by atoms with Crippen LogP contribution in [0.5, 0.6) is 0 Å². The molecular formula is C17H21N5O2S. The van der Waals surface area contributed by atoms with Gasteiger partial charge >= 0.3 is 0 Å². The van der Waals surface area contributed by atoms with Gasteiger partial charge in [-0.3, -0.25) is 14.5 Å². The van der Waals surface area contributed by atoms with Gasteiger partial charge in [-0.2, -0.15) is 0 Å². The van der Waals surface area contributed by atoms with Crippen molar-refractivity contribution in [3.63, 3.8) is 0 Å². The number of amides is 2. The second-order valence-electron chi connectivity index (χ2n) is 5.96. The standard InChI is InChI=1S/C17H21N5O2S/c1-21(12-14(23)18-10-9-13-6-3-2-4-7-13)16-19-20-17(25-16)22-11-5-8-15(22)24/h2-4,6-7H,5,8-12H2,1H3,(H,18,23). The Morgan fingerprint density at radius 1 is 1.32 bits per heavy atom. The monoisotopic (exact) mass is 359 g/mol. The molecule has 0 aliphatic carbocycles. The molecule has 1 aromatic heterocycles. The summed E-state index contributed by atoms with van der Waals surface area (Å²) in [6.07, 6.45) is 2.22. The van der Waals surface area contributed by atoms with Crippen LogP contribution in [0.2, 0.25) is 0 Å². The van der Waals surface area contributed by atoms with E-state index in [9.17, 15) is 9.59 Å². The molecule has 1 N–H and O–H groups in total. The van der Waals surface area contributed by atoms with E-state index in [1.807, 2.05) is 30.3 Å². The Hall–Kier alpha value is -2.48. The minimum Gasteiger partial charge on any atom is -0.354 e. The number of benzene rings is 1. The van der Waals surface area contributed by atoms with E-state index in [2.05, 4.69) is 15.5 Å². The summed E-state index contributed by atoms with van der Waals surface area (Å²) in [5.41, 5.74) is 1.19. The molecule has 1 saturated heterocycles. The minimum absolute atomic E-state index is 0.0626. The fourth-order valence-corrected chi connectivity index (χ4v) is 3.50. The van der Waals surface area contributed by atoms with Crippen LogP contribution in [0.1, 0.15) is 18.4 Å². The average Bonchev–Trinajstić information content (AvgIpc) is 3.24. The van der Waals surface area contributed by atoms with Gasteiger partial charge in [0.25, 0.3) is 0 Å². The molecule has 1 aliphatic heterocycles. The number of hydrogen-bond donors (Lipinski definition) is 1. The Balaban J connectivity index is 1.46. The van der Waals surface area contributed by atoms with Gasteiger partial charge in [0.15, 0.2) is 0 Å². The smallest absolute Gasteiger partial charge is 0.239 e. The summed E-state index contributed by atoms with van der Waals surface area (Å²) in [6.45, 7) is 1.49. The zero-order chi connectivity index (χ0) is 17.6. The number of rotatable bonds is 7. The number of aromatic nitrogens is 2. The number of carbonyl (C=O) groups excluding carboxylic acids is 2. The van der Waals surface area contributed by atoms with Crippen molar-refractivity contribution in [3.8, 4) is 0 Å². The van der Waals surface area contributed by atoms with Crippen LogP contribution in [0.3, 0.4) is 0 Å². The van der Waals surface area contributed by atoms with E-state index in [4.69, 9.17) is 0 Å². The number of anilines is 2. The maximum absolute atomic E-state index is 12.1. The Kier molecular flexibility index (Phi) is 5.60. The summed E-state index contributed by atoms with van der Waals surface area (Å²) in [5.74, 6) is 0.0245. The molecule has 7 nitrogen and oxygen atoms in total. The number of hydrogen-bond acceptors (Lipinski definition) is 6. The van der Waals surface area contributed by atoms with E-state index >= 15 is 0 Å². The molecule has 1 aromatic carbocycles. The molecule has 0 bridgehead atoms. The van der Waals surface area contributed by atoms with Crippen LogP contribution in [0.25, 0.3) is 0 Å². The van der Waals surface area contributed by atoms with Crippen molar-refractivity contribution in [2.45, 2.75) is 19.3 Å². The van der Waals surface area contributed by atoms with Crippen molar-refractivity contribution in [2.24, 2.45) is 0 Å². The Bertz CT molecular complexity index is 734. The van der Waals surface area contributed by atoms with Crippen LogP contribution in [-0.2, 0) is 16.0 Å². The van der Waals surface area contributed by atoms with Gasteiger partial charge in [-0.05, 0) is 18.4 Å². The molecule has 3 rings (SSSR count). The van der Waals surface area contributed by atoms with Gasteiger partial charge < -0.3 is 10.2 Å². The first-order valence-electron chi connectivity index (χ1n) is 8.29. The number of nitrogens with one attached hydrogen (secondary N) is 1. The van der Waals surface area contributed by atoms with Gasteiger partial charge in [-0.15, -0.1) is 10.2 Å². The Morgan fingerprint density at radius 3 is 2.84 bits per heavy atom. The van der Waals surface area contributed by atoms with E-state index in [-0.39, 0.29) is 18.4 Å². The number of carbonyl (C=O) groups is 2. The topological polar surface area (TPSA) is 78.4 Å². The van der Waals surface area contributed by atoms with Gasteiger partial charge in [0.1, 0.15) is 0 Å². The third-order valence-electron chi connectivity index (χ3n) is 3.99. The molecule has 0 atom stereocenters. The maximum Gasteiger partial charge on any atom is 0.239 e. The first kappa shape index (κ1) is 17.3. The molecule has 132 valence electrons. The lowest BCUT2D eigenvalue weighted by molar-refractivity contribution is -0.119. The number of nitrogens with zero attached hydrogens (tertiary/aromatic N) is 4. The highest BCUT2D eigenvalue weighted by Gasteiger charge is 2.25. The van der Waals surface area contributed by atoms with E-state index in [1.165, 1.54) is 16.9 Å². The van der Waals surface area contributed by atoms with Crippen molar-refractivity contribution in [3.05, 3.63) is 35.9 Å². The molecule has 1 fully saturated rings. The van der Waals surface area contributed by atoms with Gasteiger partial charge in [-0.25, -0.2) is 0 Å². The van der Waals surface area contributed by atoms with E-state index in [1.54, 1.807) is 16.8 Å². The molecule has 8 heteroatoms. The molecule has 2 heterocycles. The minimum atomic E-state index is -0.0626. The molecule has 0 saturated carbocycles. The molecule has 2 aromatic rings.